The van der Waals surface area contributed by atoms with Crippen molar-refractivity contribution in [2.45, 2.75) is 83.8 Å². The molecular weight excluding hydrogens is 500 g/mol. The number of carbonyl (C=O) groups excluding carboxylic acids is 1. The molecule has 206 valence electrons. The Balaban J connectivity index is 1.51. The van der Waals surface area contributed by atoms with Crippen molar-refractivity contribution < 1.29 is 9.53 Å². The molecule has 7 nitrogen and oxygen atoms in total. The van der Waals surface area contributed by atoms with Gasteiger partial charge in [0.15, 0.2) is 0 Å². The van der Waals surface area contributed by atoms with E-state index in [1.54, 1.807) is 6.20 Å². The van der Waals surface area contributed by atoms with Gasteiger partial charge in [-0.3, -0.25) is 14.2 Å². The molecule has 0 saturated heterocycles. The summed E-state index contributed by atoms with van der Waals surface area (Å²) in [5, 5.41) is 14.2. The first-order valence-corrected chi connectivity index (χ1v) is 14.3. The van der Waals surface area contributed by atoms with Gasteiger partial charge < -0.3 is 4.74 Å². The van der Waals surface area contributed by atoms with Crippen LogP contribution in [0.1, 0.15) is 87.7 Å². The lowest BCUT2D eigenvalue weighted by Crippen LogP contribution is -2.41. The van der Waals surface area contributed by atoms with Gasteiger partial charge >= 0.3 is 5.97 Å². The minimum Gasteiger partial charge on any atom is -0.459 e. The van der Waals surface area contributed by atoms with Crippen LogP contribution >= 0.6 is 0 Å². The zero-order valence-electron chi connectivity index (χ0n) is 23.5. The van der Waals surface area contributed by atoms with Crippen molar-refractivity contribution >= 4 is 11.6 Å². The maximum absolute atomic E-state index is 14.3. The van der Waals surface area contributed by atoms with Crippen LogP contribution in [0, 0.1) is 11.3 Å². The molecule has 1 saturated carbocycles. The number of carbonyl (C=O) groups is 1. The Hall–Kier alpha value is -4.18. The second-order valence-corrected chi connectivity index (χ2v) is 10.8. The molecule has 1 aliphatic carbocycles. The SMILES string of the molecule is CCCc1c(Cc2ccc(-c3ccccc3C#N)cc2)c(=O)n(C2CCC(CC)(OC(C)=O)CC2)c2ccnn12. The van der Waals surface area contributed by atoms with Gasteiger partial charge in [-0.25, -0.2) is 4.52 Å². The number of benzene rings is 2. The van der Waals surface area contributed by atoms with Crippen molar-refractivity contribution in [3.8, 4) is 17.2 Å². The quantitative estimate of drug-likeness (QED) is 0.243. The number of rotatable bonds is 8. The highest BCUT2D eigenvalue weighted by Gasteiger charge is 2.38. The fraction of sp³-hybridized carbons (Fsp3) is 0.394. The number of hydrogen-bond acceptors (Lipinski definition) is 5. The van der Waals surface area contributed by atoms with E-state index in [0.29, 0.717) is 12.0 Å². The molecule has 0 amide bonds. The highest BCUT2D eigenvalue weighted by atomic mass is 16.6. The molecule has 0 radical (unpaired) electrons. The van der Waals surface area contributed by atoms with Crippen LogP contribution < -0.4 is 5.56 Å². The normalized spacial score (nSPS) is 18.9. The van der Waals surface area contributed by atoms with Crippen molar-refractivity contribution in [3.05, 3.63) is 93.5 Å². The third-order valence-corrected chi connectivity index (χ3v) is 8.37. The molecule has 0 unspecified atom stereocenters. The molecule has 0 aliphatic heterocycles. The van der Waals surface area contributed by atoms with Crippen LogP contribution in [0.15, 0.2) is 65.6 Å². The highest BCUT2D eigenvalue weighted by Crippen LogP contribution is 2.40. The maximum Gasteiger partial charge on any atom is 0.303 e. The van der Waals surface area contributed by atoms with E-state index in [1.165, 1.54) is 6.92 Å². The van der Waals surface area contributed by atoms with Gasteiger partial charge in [0.25, 0.3) is 5.56 Å². The van der Waals surface area contributed by atoms with Crippen molar-refractivity contribution in [2.24, 2.45) is 0 Å². The Morgan fingerprint density at radius 1 is 1.10 bits per heavy atom. The predicted molar refractivity (Wildman–Crippen MR) is 155 cm³/mol. The monoisotopic (exact) mass is 536 g/mol. The van der Waals surface area contributed by atoms with Crippen molar-refractivity contribution in [1.82, 2.24) is 14.2 Å². The second kappa shape index (κ2) is 11.5. The zero-order chi connectivity index (χ0) is 28.3. The Morgan fingerprint density at radius 3 is 2.48 bits per heavy atom. The summed E-state index contributed by atoms with van der Waals surface area (Å²) in [7, 11) is 0. The van der Waals surface area contributed by atoms with Crippen LogP contribution in [-0.2, 0) is 22.4 Å². The topological polar surface area (TPSA) is 89.4 Å². The average Bonchev–Trinajstić information content (AvgIpc) is 3.45. The highest BCUT2D eigenvalue weighted by molar-refractivity contribution is 5.70. The molecule has 40 heavy (non-hydrogen) atoms. The van der Waals surface area contributed by atoms with E-state index in [-0.39, 0.29) is 17.6 Å². The summed E-state index contributed by atoms with van der Waals surface area (Å²) in [6.07, 6.45) is 7.70. The van der Waals surface area contributed by atoms with Crippen LogP contribution in [-0.4, -0.2) is 25.8 Å². The van der Waals surface area contributed by atoms with Gasteiger partial charge in [-0.05, 0) is 61.3 Å². The van der Waals surface area contributed by atoms with Gasteiger partial charge in [-0.15, -0.1) is 0 Å². The van der Waals surface area contributed by atoms with Crippen molar-refractivity contribution in [3.63, 3.8) is 0 Å². The Morgan fingerprint density at radius 2 is 1.82 bits per heavy atom. The Kier molecular flexibility index (Phi) is 7.88. The fourth-order valence-electron chi connectivity index (χ4n) is 6.27. The summed E-state index contributed by atoms with van der Waals surface area (Å²) < 4.78 is 9.65. The van der Waals surface area contributed by atoms with Crippen LogP contribution in [0.25, 0.3) is 16.8 Å². The first-order valence-electron chi connectivity index (χ1n) is 14.3. The van der Waals surface area contributed by atoms with Gasteiger partial charge in [0.2, 0.25) is 0 Å². The Bertz CT molecular complexity index is 1620. The molecule has 1 aliphatic rings. The third kappa shape index (κ3) is 5.19. The molecule has 2 heterocycles. The molecule has 0 bridgehead atoms. The molecule has 2 aromatic heterocycles. The lowest BCUT2D eigenvalue weighted by atomic mass is 9.80. The summed E-state index contributed by atoms with van der Waals surface area (Å²) >= 11 is 0. The first-order chi connectivity index (χ1) is 19.4. The minimum absolute atomic E-state index is 0.0150. The minimum atomic E-state index is -0.445. The molecule has 0 spiro atoms. The first kappa shape index (κ1) is 27.4. The van der Waals surface area contributed by atoms with Crippen LogP contribution in [0.3, 0.4) is 0 Å². The number of hydrogen-bond donors (Lipinski definition) is 0. The number of fused-ring (bicyclic) bond motifs is 1. The van der Waals surface area contributed by atoms with E-state index in [0.717, 1.165) is 78.5 Å². The number of ether oxygens (including phenoxy) is 1. The van der Waals surface area contributed by atoms with Gasteiger partial charge in [0, 0.05) is 31.0 Å². The van der Waals surface area contributed by atoms with Crippen LogP contribution in [0.2, 0.25) is 0 Å². The van der Waals surface area contributed by atoms with E-state index in [1.807, 2.05) is 63.7 Å². The smallest absolute Gasteiger partial charge is 0.303 e. The van der Waals surface area contributed by atoms with Gasteiger partial charge in [0.1, 0.15) is 11.2 Å². The molecule has 4 aromatic rings. The van der Waals surface area contributed by atoms with E-state index in [4.69, 9.17) is 4.74 Å². The number of aromatic nitrogens is 3. The Labute approximate surface area is 235 Å². The second-order valence-electron chi connectivity index (χ2n) is 10.8. The van der Waals surface area contributed by atoms with Gasteiger partial charge in [-0.2, -0.15) is 10.4 Å². The summed E-state index contributed by atoms with van der Waals surface area (Å²) in [6, 6.07) is 19.9. The molecule has 2 aromatic carbocycles. The van der Waals surface area contributed by atoms with Gasteiger partial charge in [0.05, 0.1) is 23.5 Å². The lowest BCUT2D eigenvalue weighted by Gasteiger charge is -2.39. The van der Waals surface area contributed by atoms with E-state index in [2.05, 4.69) is 25.0 Å². The molecule has 7 heteroatoms. The molecule has 0 atom stereocenters. The largest absolute Gasteiger partial charge is 0.459 e. The number of aryl methyl sites for hydroxylation is 1. The number of nitriles is 1. The van der Waals surface area contributed by atoms with E-state index < -0.39 is 5.60 Å². The van der Waals surface area contributed by atoms with E-state index in [9.17, 15) is 14.9 Å². The van der Waals surface area contributed by atoms with Crippen LogP contribution in [0.4, 0.5) is 0 Å². The molecule has 5 rings (SSSR count). The molecule has 0 N–H and O–H groups in total. The number of nitrogens with zero attached hydrogens (tertiary/aromatic N) is 4. The summed E-state index contributed by atoms with van der Waals surface area (Å²) in [5.74, 6) is -0.246. The summed E-state index contributed by atoms with van der Waals surface area (Å²) in [6.45, 7) is 5.65. The average molecular weight is 537 g/mol. The van der Waals surface area contributed by atoms with Crippen LogP contribution in [0.5, 0.6) is 0 Å². The standard InChI is InChI=1S/C33H36N4O3/c1-4-8-30-29(21-24-11-13-25(14-12-24)28-10-7-6-9-26(28)22-34)32(39)36(31-17-20-35-37(30)31)27-15-18-33(5-2,19-16-27)40-23(3)38/h6-7,9-14,17,20,27H,4-5,8,15-16,18-19,21H2,1-3H3. The maximum atomic E-state index is 14.3. The summed E-state index contributed by atoms with van der Waals surface area (Å²) in [5.41, 5.74) is 5.70. The van der Waals surface area contributed by atoms with Crippen molar-refractivity contribution in [1.29, 1.82) is 5.26 Å². The van der Waals surface area contributed by atoms with E-state index >= 15 is 0 Å². The lowest BCUT2D eigenvalue weighted by molar-refractivity contribution is -0.161. The fourth-order valence-corrected chi connectivity index (χ4v) is 6.27. The molecule has 1 fully saturated rings. The van der Waals surface area contributed by atoms with Crippen molar-refractivity contribution in [2.75, 3.05) is 0 Å². The molecular formula is C33H36N4O3. The number of esters is 1. The zero-order valence-corrected chi connectivity index (χ0v) is 23.5. The third-order valence-electron chi connectivity index (χ3n) is 8.37. The summed E-state index contributed by atoms with van der Waals surface area (Å²) in [4.78, 5) is 26.0. The van der Waals surface area contributed by atoms with Gasteiger partial charge in [-0.1, -0.05) is 62.7 Å². The predicted octanol–water partition coefficient (Wildman–Crippen LogP) is 6.40.